The smallest absolute Gasteiger partial charge is 0.252 e. The van der Waals surface area contributed by atoms with Gasteiger partial charge in [0.05, 0.1) is 11.3 Å². The summed E-state index contributed by atoms with van der Waals surface area (Å²) in [6, 6.07) is 9.29. The van der Waals surface area contributed by atoms with Crippen molar-refractivity contribution in [3.05, 3.63) is 54.6 Å². The van der Waals surface area contributed by atoms with Gasteiger partial charge in [0.2, 0.25) is 0 Å². The standard InChI is InChI=1S/C15H14N6O/c1-21-9-18-15(20-21)10-2-4-11(5-3-10)19-13-6-7-17-8-12(13)14(16)22/h2-9H,1H3,(H2,16,22)(H,17,19). The normalized spacial score (nSPS) is 10.4. The Labute approximate surface area is 126 Å². The zero-order valence-electron chi connectivity index (χ0n) is 11.9. The molecular weight excluding hydrogens is 280 g/mol. The first-order chi connectivity index (χ1) is 10.6. The summed E-state index contributed by atoms with van der Waals surface area (Å²) in [5.41, 5.74) is 8.04. The van der Waals surface area contributed by atoms with Gasteiger partial charge in [0, 0.05) is 30.7 Å². The SMILES string of the molecule is Cn1cnc(-c2ccc(Nc3ccncc3C(N)=O)cc2)n1. The van der Waals surface area contributed by atoms with Gasteiger partial charge in [0.15, 0.2) is 5.82 Å². The number of nitrogens with two attached hydrogens (primary N) is 1. The van der Waals surface area contributed by atoms with E-state index in [-0.39, 0.29) is 0 Å². The zero-order chi connectivity index (χ0) is 15.5. The predicted molar refractivity (Wildman–Crippen MR) is 82.5 cm³/mol. The highest BCUT2D eigenvalue weighted by Gasteiger charge is 2.08. The molecule has 0 aliphatic rings. The highest BCUT2D eigenvalue weighted by molar-refractivity contribution is 5.98. The molecular formula is C15H14N6O. The van der Waals surface area contributed by atoms with Crippen molar-refractivity contribution in [2.24, 2.45) is 12.8 Å². The van der Waals surface area contributed by atoms with Crippen LogP contribution in [0.5, 0.6) is 0 Å². The second kappa shape index (κ2) is 5.65. The summed E-state index contributed by atoms with van der Waals surface area (Å²) < 4.78 is 1.65. The largest absolute Gasteiger partial charge is 0.365 e. The van der Waals surface area contributed by atoms with Crippen LogP contribution in [0, 0.1) is 0 Å². The zero-order valence-corrected chi connectivity index (χ0v) is 11.9. The lowest BCUT2D eigenvalue weighted by molar-refractivity contribution is 0.100. The van der Waals surface area contributed by atoms with Gasteiger partial charge in [0.1, 0.15) is 6.33 Å². The van der Waals surface area contributed by atoms with E-state index in [9.17, 15) is 4.79 Å². The fraction of sp³-hybridized carbons (Fsp3) is 0.0667. The number of benzene rings is 1. The van der Waals surface area contributed by atoms with Gasteiger partial charge >= 0.3 is 0 Å². The Morgan fingerprint density at radius 2 is 2.00 bits per heavy atom. The van der Waals surface area contributed by atoms with E-state index in [4.69, 9.17) is 5.73 Å². The molecule has 0 atom stereocenters. The number of hydrogen-bond donors (Lipinski definition) is 2. The maximum absolute atomic E-state index is 11.4. The van der Waals surface area contributed by atoms with E-state index < -0.39 is 5.91 Å². The molecule has 1 aromatic carbocycles. The van der Waals surface area contributed by atoms with Gasteiger partial charge in [0.25, 0.3) is 5.91 Å². The second-order valence-corrected chi connectivity index (χ2v) is 4.73. The van der Waals surface area contributed by atoms with Crippen molar-refractivity contribution in [3.8, 4) is 11.4 Å². The Kier molecular flexibility index (Phi) is 3.53. The van der Waals surface area contributed by atoms with Crippen LogP contribution in [0.15, 0.2) is 49.1 Å². The van der Waals surface area contributed by atoms with Crippen molar-refractivity contribution in [3.63, 3.8) is 0 Å². The average Bonchev–Trinajstić information content (AvgIpc) is 2.95. The topological polar surface area (TPSA) is 98.7 Å². The van der Waals surface area contributed by atoms with Crippen molar-refractivity contribution in [1.82, 2.24) is 19.7 Å². The van der Waals surface area contributed by atoms with Gasteiger partial charge in [-0.3, -0.25) is 14.5 Å². The molecule has 0 fully saturated rings. The summed E-state index contributed by atoms with van der Waals surface area (Å²) in [4.78, 5) is 19.5. The molecule has 7 nitrogen and oxygen atoms in total. The van der Waals surface area contributed by atoms with Crippen LogP contribution in [0.1, 0.15) is 10.4 Å². The number of amides is 1. The molecule has 0 aliphatic heterocycles. The fourth-order valence-electron chi connectivity index (χ4n) is 2.03. The Balaban J connectivity index is 1.84. The van der Waals surface area contributed by atoms with E-state index in [1.54, 1.807) is 23.3 Å². The number of aromatic nitrogens is 4. The first kappa shape index (κ1) is 13.7. The molecule has 22 heavy (non-hydrogen) atoms. The number of nitrogens with zero attached hydrogens (tertiary/aromatic N) is 4. The molecule has 0 radical (unpaired) electrons. The van der Waals surface area contributed by atoms with Crippen molar-refractivity contribution >= 4 is 17.3 Å². The first-order valence-electron chi connectivity index (χ1n) is 6.60. The second-order valence-electron chi connectivity index (χ2n) is 4.73. The maximum Gasteiger partial charge on any atom is 0.252 e. The van der Waals surface area contributed by atoms with Gasteiger partial charge in [-0.1, -0.05) is 0 Å². The van der Waals surface area contributed by atoms with Gasteiger partial charge in [-0.2, -0.15) is 5.10 Å². The van der Waals surface area contributed by atoms with Crippen LogP contribution in [0.3, 0.4) is 0 Å². The molecule has 0 bridgehead atoms. The van der Waals surface area contributed by atoms with Crippen molar-refractivity contribution in [2.45, 2.75) is 0 Å². The number of primary amides is 1. The number of nitrogens with one attached hydrogen (secondary N) is 1. The number of carbonyl (C=O) groups excluding carboxylic acids is 1. The summed E-state index contributed by atoms with van der Waals surface area (Å²) in [6.45, 7) is 0. The fourth-order valence-corrected chi connectivity index (χ4v) is 2.03. The third-order valence-corrected chi connectivity index (χ3v) is 3.11. The number of carbonyl (C=O) groups is 1. The summed E-state index contributed by atoms with van der Waals surface area (Å²) in [6.07, 6.45) is 4.69. The van der Waals surface area contributed by atoms with Gasteiger partial charge in [-0.05, 0) is 30.3 Å². The van der Waals surface area contributed by atoms with Crippen LogP contribution < -0.4 is 11.1 Å². The molecule has 3 aromatic rings. The van der Waals surface area contributed by atoms with E-state index in [1.807, 2.05) is 31.3 Å². The van der Waals surface area contributed by atoms with Crippen LogP contribution in [0.4, 0.5) is 11.4 Å². The minimum Gasteiger partial charge on any atom is -0.365 e. The quantitative estimate of drug-likeness (QED) is 0.763. The molecule has 3 rings (SSSR count). The minimum atomic E-state index is -0.523. The molecule has 0 aliphatic carbocycles. The molecule has 7 heteroatoms. The number of pyridine rings is 1. The average molecular weight is 294 g/mol. The van der Waals surface area contributed by atoms with E-state index in [0.29, 0.717) is 17.1 Å². The summed E-state index contributed by atoms with van der Waals surface area (Å²) in [5.74, 6) is 0.140. The minimum absolute atomic E-state index is 0.345. The van der Waals surface area contributed by atoms with E-state index in [1.165, 1.54) is 6.20 Å². The van der Waals surface area contributed by atoms with Crippen molar-refractivity contribution in [1.29, 1.82) is 0 Å². The Morgan fingerprint density at radius 3 is 2.64 bits per heavy atom. The monoisotopic (exact) mass is 294 g/mol. The van der Waals surface area contributed by atoms with Crippen molar-refractivity contribution in [2.75, 3.05) is 5.32 Å². The van der Waals surface area contributed by atoms with E-state index in [2.05, 4.69) is 20.4 Å². The van der Waals surface area contributed by atoms with Gasteiger partial charge in [-0.15, -0.1) is 0 Å². The van der Waals surface area contributed by atoms with Gasteiger partial charge < -0.3 is 11.1 Å². The van der Waals surface area contributed by atoms with Crippen LogP contribution in [-0.2, 0) is 7.05 Å². The van der Waals surface area contributed by atoms with Crippen LogP contribution in [-0.4, -0.2) is 25.7 Å². The molecule has 0 saturated heterocycles. The summed E-state index contributed by atoms with van der Waals surface area (Å²) >= 11 is 0. The highest BCUT2D eigenvalue weighted by atomic mass is 16.1. The lowest BCUT2D eigenvalue weighted by Gasteiger charge is -2.09. The molecule has 0 unspecified atom stereocenters. The third kappa shape index (κ3) is 2.78. The number of hydrogen-bond acceptors (Lipinski definition) is 5. The molecule has 2 heterocycles. The molecule has 3 N–H and O–H groups in total. The van der Waals surface area contributed by atoms with Crippen molar-refractivity contribution < 1.29 is 4.79 Å². The Bertz CT molecular complexity index is 809. The number of rotatable bonds is 4. The number of anilines is 2. The third-order valence-electron chi connectivity index (χ3n) is 3.11. The maximum atomic E-state index is 11.4. The van der Waals surface area contributed by atoms with Crippen LogP contribution in [0.25, 0.3) is 11.4 Å². The molecule has 1 amide bonds. The van der Waals surface area contributed by atoms with Gasteiger partial charge in [-0.25, -0.2) is 4.98 Å². The first-order valence-corrected chi connectivity index (χ1v) is 6.60. The predicted octanol–water partition coefficient (Wildman–Crippen LogP) is 1.72. The molecule has 0 spiro atoms. The van der Waals surface area contributed by atoms with Crippen LogP contribution >= 0.6 is 0 Å². The lowest BCUT2D eigenvalue weighted by atomic mass is 10.1. The summed E-state index contributed by atoms with van der Waals surface area (Å²) in [5, 5.41) is 7.40. The Hall–Kier alpha value is -3.22. The lowest BCUT2D eigenvalue weighted by Crippen LogP contribution is -2.13. The number of aryl methyl sites for hydroxylation is 1. The van der Waals surface area contributed by atoms with Crippen LogP contribution in [0.2, 0.25) is 0 Å². The highest BCUT2D eigenvalue weighted by Crippen LogP contribution is 2.22. The van der Waals surface area contributed by atoms with E-state index >= 15 is 0 Å². The Morgan fingerprint density at radius 1 is 1.23 bits per heavy atom. The molecule has 0 saturated carbocycles. The summed E-state index contributed by atoms with van der Waals surface area (Å²) in [7, 11) is 1.82. The molecule has 110 valence electrons. The van der Waals surface area contributed by atoms with E-state index in [0.717, 1.165) is 11.3 Å². The molecule has 2 aromatic heterocycles.